The number of aromatic nitrogens is 2. The van der Waals surface area contributed by atoms with E-state index in [0.29, 0.717) is 18.3 Å². The van der Waals surface area contributed by atoms with E-state index in [1.54, 1.807) is 4.90 Å². The molecular weight excluding hydrogens is 266 g/mol. The smallest absolute Gasteiger partial charge is 0.247 e. The van der Waals surface area contributed by atoms with Crippen LogP contribution in [-0.4, -0.2) is 46.5 Å². The molecule has 0 unspecified atom stereocenters. The topological polar surface area (TPSA) is 75.3 Å². The molecule has 114 valence electrons. The van der Waals surface area contributed by atoms with Crippen molar-refractivity contribution in [2.24, 2.45) is 0 Å². The third kappa shape index (κ3) is 2.22. The van der Waals surface area contributed by atoms with Crippen LogP contribution in [0.25, 0.3) is 0 Å². The molecule has 1 aromatic heterocycles. The normalized spacial score (nSPS) is 21.8. The van der Waals surface area contributed by atoms with Crippen molar-refractivity contribution in [2.75, 3.05) is 30.8 Å². The predicted octanol–water partition coefficient (Wildman–Crippen LogP) is 1.30. The first-order valence-corrected chi connectivity index (χ1v) is 7.49. The predicted molar refractivity (Wildman–Crippen MR) is 82.2 cm³/mol. The minimum atomic E-state index is -0.612. The monoisotopic (exact) mass is 289 g/mol. The molecule has 0 radical (unpaired) electrons. The minimum Gasteiger partial charge on any atom is -0.383 e. The number of piperazine rings is 1. The van der Waals surface area contributed by atoms with Crippen molar-refractivity contribution in [2.45, 2.75) is 45.1 Å². The van der Waals surface area contributed by atoms with Gasteiger partial charge in [-0.2, -0.15) is 0 Å². The highest BCUT2D eigenvalue weighted by Gasteiger charge is 2.42. The van der Waals surface area contributed by atoms with E-state index < -0.39 is 5.54 Å². The highest BCUT2D eigenvalue weighted by molar-refractivity contribution is 5.90. The highest BCUT2D eigenvalue weighted by atomic mass is 16.2. The van der Waals surface area contributed by atoms with Gasteiger partial charge >= 0.3 is 0 Å². The van der Waals surface area contributed by atoms with Crippen molar-refractivity contribution in [3.05, 3.63) is 11.4 Å². The summed E-state index contributed by atoms with van der Waals surface area (Å²) in [6, 6.07) is 0. The number of rotatable bonds is 2. The third-order valence-electron chi connectivity index (χ3n) is 4.58. The number of nitrogens with two attached hydrogens (primary N) is 1. The Balaban J connectivity index is 2.05. The lowest BCUT2D eigenvalue weighted by Crippen LogP contribution is -2.62. The Hall–Kier alpha value is -1.85. The summed E-state index contributed by atoms with van der Waals surface area (Å²) in [5, 5.41) is 0. The Bertz CT molecular complexity index is 594. The lowest BCUT2D eigenvalue weighted by atomic mass is 9.97. The van der Waals surface area contributed by atoms with E-state index in [1.807, 2.05) is 27.8 Å². The van der Waals surface area contributed by atoms with Gasteiger partial charge in [0, 0.05) is 31.6 Å². The number of likely N-dealkylation sites (N-methyl/N-ethyl adjacent to an activating group) is 1. The van der Waals surface area contributed by atoms with Gasteiger partial charge in [0.05, 0.1) is 0 Å². The maximum Gasteiger partial charge on any atom is 0.247 e. The van der Waals surface area contributed by atoms with Crippen LogP contribution < -0.4 is 10.6 Å². The molecule has 2 heterocycles. The fourth-order valence-electron chi connectivity index (χ4n) is 2.91. The zero-order valence-electron chi connectivity index (χ0n) is 13.2. The Morgan fingerprint density at radius 3 is 2.52 bits per heavy atom. The molecule has 21 heavy (non-hydrogen) atoms. The van der Waals surface area contributed by atoms with Crippen LogP contribution in [0, 0.1) is 6.92 Å². The van der Waals surface area contributed by atoms with Gasteiger partial charge in [-0.25, -0.2) is 9.97 Å². The lowest BCUT2D eigenvalue weighted by Gasteiger charge is -2.46. The molecule has 6 nitrogen and oxygen atoms in total. The zero-order valence-corrected chi connectivity index (χ0v) is 13.2. The molecule has 0 spiro atoms. The van der Waals surface area contributed by atoms with E-state index in [2.05, 4.69) is 9.88 Å². The lowest BCUT2D eigenvalue weighted by molar-refractivity contribution is -0.136. The van der Waals surface area contributed by atoms with Crippen LogP contribution in [0.3, 0.4) is 0 Å². The zero-order chi connectivity index (χ0) is 15.4. The molecule has 1 aliphatic heterocycles. The molecule has 2 aliphatic rings. The molecule has 1 aliphatic carbocycles. The van der Waals surface area contributed by atoms with Gasteiger partial charge < -0.3 is 15.5 Å². The number of hydrogen-bond donors (Lipinski definition) is 1. The second kappa shape index (κ2) is 4.58. The van der Waals surface area contributed by atoms with E-state index in [1.165, 1.54) is 0 Å². The van der Waals surface area contributed by atoms with Crippen LogP contribution in [0.2, 0.25) is 0 Å². The van der Waals surface area contributed by atoms with E-state index in [4.69, 9.17) is 10.7 Å². The first-order valence-electron chi connectivity index (χ1n) is 7.49. The van der Waals surface area contributed by atoms with Crippen LogP contribution in [0.5, 0.6) is 0 Å². The number of anilines is 2. The first kappa shape index (κ1) is 14.1. The number of amides is 1. The van der Waals surface area contributed by atoms with Crippen molar-refractivity contribution >= 4 is 17.5 Å². The summed E-state index contributed by atoms with van der Waals surface area (Å²) in [5.74, 6) is 2.73. The molecule has 0 bridgehead atoms. The van der Waals surface area contributed by atoms with E-state index >= 15 is 0 Å². The summed E-state index contributed by atoms with van der Waals surface area (Å²) in [6.07, 6.45) is 2.26. The highest BCUT2D eigenvalue weighted by Crippen LogP contribution is 2.40. The maximum absolute atomic E-state index is 12.5. The molecule has 2 fully saturated rings. The second-order valence-electron chi connectivity index (χ2n) is 6.63. The van der Waals surface area contributed by atoms with Crippen LogP contribution in [0.4, 0.5) is 11.6 Å². The molecule has 2 N–H and O–H groups in total. The van der Waals surface area contributed by atoms with Crippen molar-refractivity contribution < 1.29 is 4.79 Å². The van der Waals surface area contributed by atoms with Crippen LogP contribution >= 0.6 is 0 Å². The summed E-state index contributed by atoms with van der Waals surface area (Å²) in [7, 11) is 1.85. The summed E-state index contributed by atoms with van der Waals surface area (Å²) < 4.78 is 0. The van der Waals surface area contributed by atoms with E-state index in [9.17, 15) is 4.79 Å². The largest absolute Gasteiger partial charge is 0.383 e. The molecule has 1 amide bonds. The fourth-order valence-corrected chi connectivity index (χ4v) is 2.91. The van der Waals surface area contributed by atoms with Gasteiger partial charge in [-0.05, 0) is 33.6 Å². The van der Waals surface area contributed by atoms with Crippen molar-refractivity contribution in [3.63, 3.8) is 0 Å². The SMILES string of the molecule is Cc1c(N)nc(C2CC2)nc1N1CCN(C)C(=O)C1(C)C. The average molecular weight is 289 g/mol. The second-order valence-corrected chi connectivity index (χ2v) is 6.63. The quantitative estimate of drug-likeness (QED) is 0.888. The molecular formula is C15H23N5O. The summed E-state index contributed by atoms with van der Waals surface area (Å²) in [4.78, 5) is 25.5. The molecule has 3 rings (SSSR count). The van der Waals surface area contributed by atoms with E-state index in [0.717, 1.165) is 36.6 Å². The number of nitrogens with zero attached hydrogens (tertiary/aromatic N) is 4. The number of nitrogen functional groups attached to an aromatic ring is 1. The van der Waals surface area contributed by atoms with Gasteiger partial charge in [-0.15, -0.1) is 0 Å². The fraction of sp³-hybridized carbons (Fsp3) is 0.667. The van der Waals surface area contributed by atoms with Gasteiger partial charge in [0.25, 0.3) is 0 Å². The Morgan fingerprint density at radius 2 is 1.90 bits per heavy atom. The first-order chi connectivity index (χ1) is 9.82. The standard InChI is InChI=1S/C15H23N5O/c1-9-11(16)17-12(10-5-6-10)18-13(9)20-8-7-19(4)14(21)15(20,2)3/h10H,5-8H2,1-4H3,(H2,16,17,18). The van der Waals surface area contributed by atoms with Gasteiger partial charge in [-0.1, -0.05) is 0 Å². The Morgan fingerprint density at radius 1 is 1.24 bits per heavy atom. The molecule has 0 aromatic carbocycles. The molecule has 1 saturated carbocycles. The van der Waals surface area contributed by atoms with Gasteiger partial charge in [-0.3, -0.25) is 4.79 Å². The number of carbonyl (C=O) groups is 1. The average Bonchev–Trinajstić information content (AvgIpc) is 3.24. The van der Waals surface area contributed by atoms with Crippen molar-refractivity contribution in [1.29, 1.82) is 0 Å². The maximum atomic E-state index is 12.5. The number of carbonyl (C=O) groups excluding carboxylic acids is 1. The summed E-state index contributed by atoms with van der Waals surface area (Å²) in [6.45, 7) is 7.28. The van der Waals surface area contributed by atoms with Gasteiger partial charge in [0.15, 0.2) is 0 Å². The van der Waals surface area contributed by atoms with Crippen molar-refractivity contribution in [1.82, 2.24) is 14.9 Å². The third-order valence-corrected chi connectivity index (χ3v) is 4.58. The molecule has 1 saturated heterocycles. The van der Waals surface area contributed by atoms with E-state index in [-0.39, 0.29) is 5.91 Å². The van der Waals surface area contributed by atoms with Crippen molar-refractivity contribution in [3.8, 4) is 0 Å². The van der Waals surface area contributed by atoms with Gasteiger partial charge in [0.2, 0.25) is 5.91 Å². The Labute approximate surface area is 125 Å². The molecule has 0 atom stereocenters. The summed E-state index contributed by atoms with van der Waals surface area (Å²) >= 11 is 0. The minimum absolute atomic E-state index is 0.110. The van der Waals surface area contributed by atoms with Gasteiger partial charge in [0.1, 0.15) is 23.0 Å². The molecule has 1 aromatic rings. The van der Waals surface area contributed by atoms with Crippen LogP contribution in [-0.2, 0) is 4.79 Å². The van der Waals surface area contributed by atoms with Crippen LogP contribution in [0.15, 0.2) is 0 Å². The number of hydrogen-bond acceptors (Lipinski definition) is 5. The van der Waals surface area contributed by atoms with Crippen LogP contribution in [0.1, 0.15) is 44.0 Å². The molecule has 6 heteroatoms. The Kier molecular flexibility index (Phi) is 3.07. The summed E-state index contributed by atoms with van der Waals surface area (Å²) in [5.41, 5.74) is 6.32.